The fourth-order valence-corrected chi connectivity index (χ4v) is 9.59. The number of ether oxygens (including phenoxy) is 1. The molecule has 0 aliphatic heterocycles. The van der Waals surface area contributed by atoms with Crippen LogP contribution in [0, 0.1) is 40.4 Å². The molecule has 4 saturated carbocycles. The Kier molecular flexibility index (Phi) is 8.03. The van der Waals surface area contributed by atoms with Gasteiger partial charge in [0.1, 0.15) is 11.8 Å². The van der Waals surface area contributed by atoms with Crippen molar-refractivity contribution in [2.24, 2.45) is 40.4 Å². The van der Waals surface area contributed by atoms with Gasteiger partial charge in [-0.2, -0.15) is 0 Å². The van der Waals surface area contributed by atoms with Gasteiger partial charge in [0, 0.05) is 25.7 Å². The van der Waals surface area contributed by atoms with Gasteiger partial charge in [-0.1, -0.05) is 44.2 Å². The van der Waals surface area contributed by atoms with Crippen molar-refractivity contribution in [1.29, 1.82) is 0 Å². The molecule has 5 rings (SSSR count). The Labute approximate surface area is 228 Å². The lowest BCUT2D eigenvalue weighted by Gasteiger charge is -2.60. The number of ketones is 1. The molecular formula is C33H47NO4. The van der Waals surface area contributed by atoms with Crippen LogP contribution in [0.5, 0.6) is 0 Å². The molecule has 4 fully saturated rings. The number of rotatable bonds is 8. The van der Waals surface area contributed by atoms with Gasteiger partial charge in [-0.25, -0.2) is 4.79 Å². The van der Waals surface area contributed by atoms with E-state index in [-0.39, 0.29) is 5.91 Å². The zero-order chi connectivity index (χ0) is 26.9. The van der Waals surface area contributed by atoms with E-state index in [9.17, 15) is 14.4 Å². The second-order valence-corrected chi connectivity index (χ2v) is 13.4. The van der Waals surface area contributed by atoms with Gasteiger partial charge in [-0.15, -0.1) is 0 Å². The topological polar surface area (TPSA) is 72.5 Å². The summed E-state index contributed by atoms with van der Waals surface area (Å²) in [6, 6.07) is 9.11. The predicted octanol–water partition coefficient (Wildman–Crippen LogP) is 6.29. The standard InChI is InChI=1S/C33H47NO4/c1-32-19-17-28-26(14-12-24-21-25(35)16-18-33(24,28)2)27(32)15-13-23(32)10-7-11-30(36)34-29(31(37)38-3)20-22-8-5-4-6-9-22/h4-6,8-9,23-24,26-29H,7,10-21H2,1-3H3,(H,34,36)/t23?,24?,26?,27?,28?,29-,32?,33?/m0/s1. The van der Waals surface area contributed by atoms with Crippen LogP contribution in [0.25, 0.3) is 0 Å². The summed E-state index contributed by atoms with van der Waals surface area (Å²) in [5.41, 5.74) is 1.75. The fraction of sp³-hybridized carbons (Fsp3) is 0.727. The molecule has 0 aromatic heterocycles. The van der Waals surface area contributed by atoms with Crippen molar-refractivity contribution in [2.45, 2.75) is 103 Å². The maximum atomic E-state index is 12.8. The number of carbonyl (C=O) groups excluding carboxylic acids is 3. The number of amides is 1. The van der Waals surface area contributed by atoms with Gasteiger partial charge in [0.2, 0.25) is 5.91 Å². The Morgan fingerprint density at radius 2 is 1.76 bits per heavy atom. The highest BCUT2D eigenvalue weighted by Crippen LogP contribution is 2.67. The second-order valence-electron chi connectivity index (χ2n) is 13.4. The van der Waals surface area contributed by atoms with Crippen LogP contribution in [0.15, 0.2) is 30.3 Å². The van der Waals surface area contributed by atoms with Gasteiger partial charge >= 0.3 is 5.97 Å². The number of fused-ring (bicyclic) bond motifs is 5. The van der Waals surface area contributed by atoms with Crippen molar-refractivity contribution in [3.63, 3.8) is 0 Å². The zero-order valence-corrected chi connectivity index (χ0v) is 23.7. The van der Waals surface area contributed by atoms with E-state index in [1.54, 1.807) is 0 Å². The summed E-state index contributed by atoms with van der Waals surface area (Å²) in [5, 5.41) is 2.94. The van der Waals surface area contributed by atoms with Crippen LogP contribution < -0.4 is 5.32 Å². The summed E-state index contributed by atoms with van der Waals surface area (Å²) in [5.74, 6) is 3.74. The minimum absolute atomic E-state index is 0.0576. The largest absolute Gasteiger partial charge is 0.467 e. The van der Waals surface area contributed by atoms with Crippen molar-refractivity contribution >= 4 is 17.7 Å². The lowest BCUT2D eigenvalue weighted by Crippen LogP contribution is -2.53. The van der Waals surface area contributed by atoms with Crippen molar-refractivity contribution < 1.29 is 19.1 Å². The Balaban J connectivity index is 1.15. The zero-order valence-electron chi connectivity index (χ0n) is 23.7. The summed E-state index contributed by atoms with van der Waals surface area (Å²) in [6.07, 6.45) is 13.4. The smallest absolute Gasteiger partial charge is 0.328 e. The summed E-state index contributed by atoms with van der Waals surface area (Å²) in [6.45, 7) is 5.08. The average Bonchev–Trinajstić information content (AvgIpc) is 3.25. The number of carbonyl (C=O) groups is 3. The number of benzene rings is 1. The highest BCUT2D eigenvalue weighted by atomic mass is 16.5. The molecule has 208 valence electrons. The minimum Gasteiger partial charge on any atom is -0.467 e. The van der Waals surface area contributed by atoms with Crippen molar-refractivity contribution in [3.8, 4) is 0 Å². The van der Waals surface area contributed by atoms with Gasteiger partial charge in [-0.05, 0) is 104 Å². The Morgan fingerprint density at radius 3 is 2.53 bits per heavy atom. The van der Waals surface area contributed by atoms with Crippen LogP contribution in [0.2, 0.25) is 0 Å². The molecule has 1 aromatic rings. The van der Waals surface area contributed by atoms with E-state index in [4.69, 9.17) is 4.74 Å². The molecule has 0 spiro atoms. The highest BCUT2D eigenvalue weighted by molar-refractivity contribution is 5.84. The van der Waals surface area contributed by atoms with E-state index in [0.29, 0.717) is 41.3 Å². The van der Waals surface area contributed by atoms with Crippen LogP contribution in [0.4, 0.5) is 0 Å². The molecule has 0 bridgehead atoms. The first-order valence-corrected chi connectivity index (χ1v) is 15.2. The Bertz CT molecular complexity index is 1020. The lowest BCUT2D eigenvalue weighted by atomic mass is 9.44. The number of Topliss-reactive ketones (excluding diaryl/α,β-unsaturated/α-hetero) is 1. The van der Waals surface area contributed by atoms with Crippen LogP contribution >= 0.6 is 0 Å². The molecular weight excluding hydrogens is 474 g/mol. The van der Waals surface area contributed by atoms with Crippen molar-refractivity contribution in [1.82, 2.24) is 5.32 Å². The molecule has 5 nitrogen and oxygen atoms in total. The van der Waals surface area contributed by atoms with Crippen LogP contribution in [-0.2, 0) is 25.5 Å². The number of methoxy groups -OCH3 is 1. The summed E-state index contributed by atoms with van der Waals surface area (Å²) >= 11 is 0. The molecule has 8 atom stereocenters. The van der Waals surface area contributed by atoms with Crippen LogP contribution in [0.1, 0.15) is 96.5 Å². The molecule has 4 aliphatic rings. The molecule has 1 aromatic carbocycles. The molecule has 38 heavy (non-hydrogen) atoms. The molecule has 1 N–H and O–H groups in total. The van der Waals surface area contributed by atoms with E-state index >= 15 is 0 Å². The third-order valence-corrected chi connectivity index (χ3v) is 11.7. The minimum atomic E-state index is -0.648. The first kappa shape index (κ1) is 27.4. The third kappa shape index (κ3) is 5.19. The molecule has 0 radical (unpaired) electrons. The monoisotopic (exact) mass is 521 g/mol. The van der Waals surface area contributed by atoms with E-state index in [1.165, 1.54) is 45.6 Å². The van der Waals surface area contributed by atoms with E-state index in [2.05, 4.69) is 19.2 Å². The molecule has 0 heterocycles. The molecule has 1 amide bonds. The normalized spacial score (nSPS) is 36.9. The molecule has 7 unspecified atom stereocenters. The van der Waals surface area contributed by atoms with E-state index in [1.807, 2.05) is 30.3 Å². The summed E-state index contributed by atoms with van der Waals surface area (Å²) < 4.78 is 4.96. The first-order chi connectivity index (χ1) is 18.2. The number of hydrogen-bond donors (Lipinski definition) is 1. The third-order valence-electron chi connectivity index (χ3n) is 11.7. The van der Waals surface area contributed by atoms with Gasteiger partial charge < -0.3 is 10.1 Å². The Hall–Kier alpha value is -2.17. The quantitative estimate of drug-likeness (QED) is 0.408. The predicted molar refractivity (Wildman–Crippen MR) is 148 cm³/mol. The van der Waals surface area contributed by atoms with Gasteiger partial charge in [0.25, 0.3) is 0 Å². The summed E-state index contributed by atoms with van der Waals surface area (Å²) in [7, 11) is 1.37. The van der Waals surface area contributed by atoms with Gasteiger partial charge in [0.15, 0.2) is 0 Å². The molecule has 0 saturated heterocycles. The molecule has 5 heteroatoms. The maximum Gasteiger partial charge on any atom is 0.328 e. The summed E-state index contributed by atoms with van der Waals surface area (Å²) in [4.78, 5) is 37.3. The lowest BCUT2D eigenvalue weighted by molar-refractivity contribution is -0.145. The average molecular weight is 522 g/mol. The van der Waals surface area contributed by atoms with E-state index in [0.717, 1.165) is 55.4 Å². The highest BCUT2D eigenvalue weighted by Gasteiger charge is 2.59. The number of esters is 1. The second kappa shape index (κ2) is 11.1. The number of hydrogen-bond acceptors (Lipinski definition) is 4. The van der Waals surface area contributed by atoms with Crippen LogP contribution in [-0.4, -0.2) is 30.8 Å². The molecule has 4 aliphatic carbocycles. The first-order valence-electron chi connectivity index (χ1n) is 15.2. The SMILES string of the molecule is COC(=O)[C@H](Cc1ccccc1)NC(=O)CCCC1CCC2C3CCC4CC(=O)CCC4(C)C3CCC12C. The van der Waals surface area contributed by atoms with Crippen LogP contribution in [0.3, 0.4) is 0 Å². The fourth-order valence-electron chi connectivity index (χ4n) is 9.59. The van der Waals surface area contributed by atoms with Crippen molar-refractivity contribution in [2.75, 3.05) is 7.11 Å². The van der Waals surface area contributed by atoms with Gasteiger partial charge in [-0.3, -0.25) is 9.59 Å². The number of nitrogens with one attached hydrogen (secondary N) is 1. The maximum absolute atomic E-state index is 12.8. The van der Waals surface area contributed by atoms with Gasteiger partial charge in [0.05, 0.1) is 7.11 Å². The van der Waals surface area contributed by atoms with E-state index < -0.39 is 12.0 Å². The van der Waals surface area contributed by atoms with Crippen molar-refractivity contribution in [3.05, 3.63) is 35.9 Å². The Morgan fingerprint density at radius 1 is 1.00 bits per heavy atom.